The summed E-state index contributed by atoms with van der Waals surface area (Å²) in [4.78, 5) is 2.38. The predicted molar refractivity (Wildman–Crippen MR) is 63.9 cm³/mol. The molecule has 3 heteroatoms. The third-order valence-corrected chi connectivity index (χ3v) is 3.34. The van der Waals surface area contributed by atoms with Gasteiger partial charge >= 0.3 is 0 Å². The van der Waals surface area contributed by atoms with Gasteiger partial charge in [0.2, 0.25) is 0 Å². The van der Waals surface area contributed by atoms with Crippen molar-refractivity contribution in [2.75, 3.05) is 33.4 Å². The molecule has 15 heavy (non-hydrogen) atoms. The molecular formula is C12H26N2O. The second kappa shape index (κ2) is 5.28. The highest BCUT2D eigenvalue weighted by atomic mass is 16.5. The van der Waals surface area contributed by atoms with E-state index in [0.717, 1.165) is 25.6 Å². The van der Waals surface area contributed by atoms with Crippen LogP contribution in [-0.4, -0.2) is 44.3 Å². The quantitative estimate of drug-likeness (QED) is 0.750. The van der Waals surface area contributed by atoms with E-state index in [9.17, 15) is 0 Å². The topological polar surface area (TPSA) is 38.5 Å². The van der Waals surface area contributed by atoms with Crippen molar-refractivity contribution in [2.24, 2.45) is 17.1 Å². The lowest BCUT2D eigenvalue weighted by molar-refractivity contribution is 0.128. The molecule has 2 atom stereocenters. The second-order valence-corrected chi connectivity index (χ2v) is 5.70. The van der Waals surface area contributed by atoms with Crippen molar-refractivity contribution in [3.05, 3.63) is 0 Å². The van der Waals surface area contributed by atoms with E-state index >= 15 is 0 Å². The van der Waals surface area contributed by atoms with Crippen LogP contribution >= 0.6 is 0 Å². The first-order chi connectivity index (χ1) is 6.94. The van der Waals surface area contributed by atoms with Gasteiger partial charge in [-0.1, -0.05) is 20.8 Å². The van der Waals surface area contributed by atoms with E-state index in [1.807, 2.05) is 0 Å². The number of nitrogens with zero attached hydrogens (tertiary/aromatic N) is 1. The molecule has 1 fully saturated rings. The highest BCUT2D eigenvalue weighted by molar-refractivity contribution is 4.91. The Morgan fingerprint density at radius 1 is 1.53 bits per heavy atom. The van der Waals surface area contributed by atoms with Crippen LogP contribution < -0.4 is 5.73 Å². The monoisotopic (exact) mass is 214 g/mol. The normalized spacial score (nSPS) is 31.8. The average molecular weight is 214 g/mol. The van der Waals surface area contributed by atoms with Gasteiger partial charge in [-0.3, -0.25) is 0 Å². The number of rotatable bonds is 5. The van der Waals surface area contributed by atoms with Crippen LogP contribution in [0, 0.1) is 11.3 Å². The second-order valence-electron chi connectivity index (χ2n) is 5.70. The van der Waals surface area contributed by atoms with E-state index in [0.29, 0.717) is 6.61 Å². The summed E-state index contributed by atoms with van der Waals surface area (Å²) in [6, 6.07) is 0.194. The summed E-state index contributed by atoms with van der Waals surface area (Å²) in [6.45, 7) is 10.5. The molecule has 1 rings (SSSR count). The Morgan fingerprint density at radius 3 is 2.67 bits per heavy atom. The molecular weight excluding hydrogens is 188 g/mol. The number of hydrogen-bond donors (Lipinski definition) is 1. The SMILES string of the molecule is CC(C)CCN(C)CC1(C)COCC1N. The minimum Gasteiger partial charge on any atom is -0.379 e. The molecule has 1 aliphatic heterocycles. The molecule has 0 aromatic rings. The van der Waals surface area contributed by atoms with Gasteiger partial charge in [-0.05, 0) is 25.9 Å². The van der Waals surface area contributed by atoms with Crippen molar-refractivity contribution >= 4 is 0 Å². The zero-order valence-corrected chi connectivity index (χ0v) is 10.6. The van der Waals surface area contributed by atoms with Gasteiger partial charge in [0.15, 0.2) is 0 Å². The van der Waals surface area contributed by atoms with Crippen molar-refractivity contribution in [1.82, 2.24) is 4.90 Å². The first-order valence-electron chi connectivity index (χ1n) is 5.96. The third-order valence-electron chi connectivity index (χ3n) is 3.34. The number of ether oxygens (including phenoxy) is 1. The van der Waals surface area contributed by atoms with Crippen molar-refractivity contribution in [2.45, 2.75) is 33.2 Å². The summed E-state index contributed by atoms with van der Waals surface area (Å²) in [5, 5.41) is 0. The molecule has 0 aliphatic carbocycles. The fourth-order valence-corrected chi connectivity index (χ4v) is 2.06. The molecule has 2 N–H and O–H groups in total. The number of hydrogen-bond acceptors (Lipinski definition) is 3. The summed E-state index contributed by atoms with van der Waals surface area (Å²) >= 11 is 0. The van der Waals surface area contributed by atoms with Crippen LogP contribution in [0.15, 0.2) is 0 Å². The molecule has 0 aromatic carbocycles. The molecule has 0 spiro atoms. The van der Waals surface area contributed by atoms with Crippen LogP contribution in [0.3, 0.4) is 0 Å². The third kappa shape index (κ3) is 3.74. The van der Waals surface area contributed by atoms with Gasteiger partial charge in [-0.25, -0.2) is 0 Å². The van der Waals surface area contributed by atoms with Gasteiger partial charge in [0, 0.05) is 18.0 Å². The van der Waals surface area contributed by atoms with Crippen molar-refractivity contribution in [3.63, 3.8) is 0 Å². The molecule has 1 saturated heterocycles. The highest BCUT2D eigenvalue weighted by Gasteiger charge is 2.38. The Balaban J connectivity index is 2.33. The van der Waals surface area contributed by atoms with E-state index < -0.39 is 0 Å². The summed E-state index contributed by atoms with van der Waals surface area (Å²) in [5.74, 6) is 0.772. The Labute approximate surface area is 94.0 Å². The Hall–Kier alpha value is -0.120. The van der Waals surface area contributed by atoms with Crippen molar-refractivity contribution in [3.8, 4) is 0 Å². The van der Waals surface area contributed by atoms with E-state index in [4.69, 9.17) is 10.5 Å². The fourth-order valence-electron chi connectivity index (χ4n) is 2.06. The Bertz CT molecular complexity index is 196. The summed E-state index contributed by atoms with van der Waals surface area (Å²) in [5.41, 5.74) is 6.21. The molecule has 2 unspecified atom stereocenters. The fraction of sp³-hybridized carbons (Fsp3) is 1.00. The summed E-state index contributed by atoms with van der Waals surface area (Å²) in [6.07, 6.45) is 1.25. The minimum atomic E-state index is 0.145. The lowest BCUT2D eigenvalue weighted by Crippen LogP contribution is -2.46. The van der Waals surface area contributed by atoms with E-state index in [1.54, 1.807) is 0 Å². The van der Waals surface area contributed by atoms with Crippen LogP contribution in [0.25, 0.3) is 0 Å². The molecule has 0 saturated carbocycles. The number of nitrogens with two attached hydrogens (primary N) is 1. The smallest absolute Gasteiger partial charge is 0.0624 e. The van der Waals surface area contributed by atoms with Gasteiger partial charge in [0.1, 0.15) is 0 Å². The Morgan fingerprint density at radius 2 is 2.20 bits per heavy atom. The van der Waals surface area contributed by atoms with Crippen LogP contribution in [0.5, 0.6) is 0 Å². The standard InChI is InChI=1S/C12H26N2O/c1-10(2)5-6-14(4)8-12(3)9-15-7-11(12)13/h10-11H,5-9,13H2,1-4H3. The van der Waals surface area contributed by atoms with Gasteiger partial charge in [-0.2, -0.15) is 0 Å². The Kier molecular flexibility index (Phi) is 4.56. The largest absolute Gasteiger partial charge is 0.379 e. The molecule has 0 bridgehead atoms. The van der Waals surface area contributed by atoms with Crippen molar-refractivity contribution < 1.29 is 4.74 Å². The van der Waals surface area contributed by atoms with Gasteiger partial charge in [0.05, 0.1) is 13.2 Å². The molecule has 0 radical (unpaired) electrons. The van der Waals surface area contributed by atoms with Gasteiger partial charge in [0.25, 0.3) is 0 Å². The lowest BCUT2D eigenvalue weighted by atomic mass is 9.85. The zero-order valence-electron chi connectivity index (χ0n) is 10.6. The first kappa shape index (κ1) is 12.9. The van der Waals surface area contributed by atoms with E-state index in [2.05, 4.69) is 32.7 Å². The highest BCUT2D eigenvalue weighted by Crippen LogP contribution is 2.27. The average Bonchev–Trinajstić information content (AvgIpc) is 2.44. The van der Waals surface area contributed by atoms with Gasteiger partial charge in [-0.15, -0.1) is 0 Å². The van der Waals surface area contributed by atoms with Crippen LogP contribution in [0.4, 0.5) is 0 Å². The maximum absolute atomic E-state index is 6.07. The maximum Gasteiger partial charge on any atom is 0.0624 e. The van der Waals surface area contributed by atoms with Crippen molar-refractivity contribution in [1.29, 1.82) is 0 Å². The van der Waals surface area contributed by atoms with E-state index in [-0.39, 0.29) is 11.5 Å². The van der Waals surface area contributed by atoms with Crippen LogP contribution in [0.2, 0.25) is 0 Å². The lowest BCUT2D eigenvalue weighted by Gasteiger charge is -2.32. The predicted octanol–water partition coefficient (Wildman–Crippen LogP) is 1.33. The molecule has 90 valence electrons. The molecule has 0 amide bonds. The summed E-state index contributed by atoms with van der Waals surface area (Å²) < 4.78 is 5.45. The van der Waals surface area contributed by atoms with Crippen LogP contribution in [-0.2, 0) is 4.74 Å². The minimum absolute atomic E-state index is 0.145. The van der Waals surface area contributed by atoms with Gasteiger partial charge < -0.3 is 15.4 Å². The first-order valence-corrected chi connectivity index (χ1v) is 5.96. The molecule has 0 aromatic heterocycles. The van der Waals surface area contributed by atoms with E-state index in [1.165, 1.54) is 6.42 Å². The maximum atomic E-state index is 6.07. The zero-order chi connectivity index (χ0) is 11.5. The molecule has 1 aliphatic rings. The summed E-state index contributed by atoms with van der Waals surface area (Å²) in [7, 11) is 2.18. The van der Waals surface area contributed by atoms with Crippen LogP contribution in [0.1, 0.15) is 27.2 Å². The molecule has 1 heterocycles. The molecule has 3 nitrogen and oxygen atoms in total.